The molecule has 1 atom stereocenters. The van der Waals surface area contributed by atoms with E-state index in [1.807, 2.05) is 19.1 Å². The second-order valence-corrected chi connectivity index (χ2v) is 6.90. The zero-order valence-electron chi connectivity index (χ0n) is 16.6. The van der Waals surface area contributed by atoms with Crippen molar-refractivity contribution in [3.05, 3.63) is 70.3 Å². The van der Waals surface area contributed by atoms with Crippen molar-refractivity contribution in [2.45, 2.75) is 32.8 Å². The highest BCUT2D eigenvalue weighted by atomic mass is 16.5. The zero-order valence-corrected chi connectivity index (χ0v) is 16.6. The quantitative estimate of drug-likeness (QED) is 0.651. The lowest BCUT2D eigenvalue weighted by atomic mass is 10.2. The number of amides is 1. The fraction of sp³-hybridized carbons (Fsp3) is 0.273. The van der Waals surface area contributed by atoms with Crippen LogP contribution in [-0.4, -0.2) is 27.5 Å². The van der Waals surface area contributed by atoms with E-state index in [-0.39, 0.29) is 18.4 Å². The van der Waals surface area contributed by atoms with Crippen LogP contribution in [0.1, 0.15) is 24.7 Å². The number of aryl methyl sites for hydroxylation is 2. The fourth-order valence-electron chi connectivity index (χ4n) is 2.89. The molecule has 0 radical (unpaired) electrons. The van der Waals surface area contributed by atoms with Crippen LogP contribution in [0.4, 0.5) is 5.69 Å². The van der Waals surface area contributed by atoms with Crippen molar-refractivity contribution in [3.63, 3.8) is 0 Å². The Morgan fingerprint density at radius 2 is 1.83 bits per heavy atom. The molecular formula is C22H23N3O4. The highest BCUT2D eigenvalue weighted by molar-refractivity contribution is 5.95. The first-order valence-corrected chi connectivity index (χ1v) is 9.37. The highest BCUT2D eigenvalue weighted by Gasteiger charge is 2.18. The first kappa shape index (κ1) is 20.3. The number of carbonyl (C=O) groups is 2. The van der Waals surface area contributed by atoms with Gasteiger partial charge in [-0.15, -0.1) is 0 Å². The van der Waals surface area contributed by atoms with E-state index in [1.165, 1.54) is 11.5 Å². The molecule has 0 spiro atoms. The standard InChI is InChI=1S/C22H23N3O4/c1-14-8-10-16(11-9-14)23-21(27)15(2)29-20(26)13-12-19-24-18-7-5-4-6-17(18)22(28)25(19)3/h4-11,15H,12-13H2,1-3H3,(H,23,27)/t15-/m0/s1. The van der Waals surface area contributed by atoms with Crippen molar-refractivity contribution in [2.24, 2.45) is 7.05 Å². The molecule has 0 fully saturated rings. The molecule has 1 N–H and O–H groups in total. The first-order valence-electron chi connectivity index (χ1n) is 9.37. The van der Waals surface area contributed by atoms with Gasteiger partial charge < -0.3 is 10.1 Å². The maximum Gasteiger partial charge on any atom is 0.307 e. The van der Waals surface area contributed by atoms with Crippen LogP contribution in [0.3, 0.4) is 0 Å². The molecule has 7 heteroatoms. The topological polar surface area (TPSA) is 90.3 Å². The molecule has 2 aromatic carbocycles. The minimum absolute atomic E-state index is 0.0147. The third-order valence-corrected chi connectivity index (χ3v) is 4.63. The molecule has 1 heterocycles. The highest BCUT2D eigenvalue weighted by Crippen LogP contribution is 2.11. The van der Waals surface area contributed by atoms with E-state index in [0.717, 1.165) is 5.56 Å². The normalized spacial score (nSPS) is 11.8. The van der Waals surface area contributed by atoms with Crippen LogP contribution >= 0.6 is 0 Å². The zero-order chi connectivity index (χ0) is 21.0. The van der Waals surface area contributed by atoms with E-state index >= 15 is 0 Å². The van der Waals surface area contributed by atoms with E-state index in [4.69, 9.17) is 4.74 Å². The van der Waals surface area contributed by atoms with Crippen LogP contribution in [0.15, 0.2) is 53.3 Å². The summed E-state index contributed by atoms with van der Waals surface area (Å²) in [7, 11) is 1.63. The van der Waals surface area contributed by atoms with Crippen molar-refractivity contribution < 1.29 is 14.3 Å². The average Bonchev–Trinajstić information content (AvgIpc) is 2.71. The predicted molar refractivity (Wildman–Crippen MR) is 111 cm³/mol. The average molecular weight is 393 g/mol. The molecule has 3 aromatic rings. The van der Waals surface area contributed by atoms with Crippen molar-refractivity contribution in [1.82, 2.24) is 9.55 Å². The molecular weight excluding hydrogens is 370 g/mol. The summed E-state index contributed by atoms with van der Waals surface area (Å²) in [6, 6.07) is 14.4. The Labute approximate surface area is 168 Å². The molecule has 0 aliphatic heterocycles. The van der Waals surface area contributed by atoms with E-state index in [0.29, 0.717) is 22.4 Å². The van der Waals surface area contributed by atoms with Crippen molar-refractivity contribution in [1.29, 1.82) is 0 Å². The van der Waals surface area contributed by atoms with Crippen molar-refractivity contribution >= 4 is 28.5 Å². The summed E-state index contributed by atoms with van der Waals surface area (Å²) >= 11 is 0. The van der Waals surface area contributed by atoms with E-state index < -0.39 is 18.0 Å². The van der Waals surface area contributed by atoms with Crippen LogP contribution in [0, 0.1) is 6.92 Å². The summed E-state index contributed by atoms with van der Waals surface area (Å²) in [6.45, 7) is 3.47. The second-order valence-electron chi connectivity index (χ2n) is 6.90. The Kier molecular flexibility index (Phi) is 6.07. The number of aromatic nitrogens is 2. The van der Waals surface area contributed by atoms with Crippen LogP contribution in [-0.2, 0) is 27.8 Å². The van der Waals surface area contributed by atoms with E-state index in [1.54, 1.807) is 43.4 Å². The first-order chi connectivity index (χ1) is 13.8. The molecule has 1 aromatic heterocycles. The largest absolute Gasteiger partial charge is 0.453 e. The Balaban J connectivity index is 1.59. The van der Waals surface area contributed by atoms with Gasteiger partial charge >= 0.3 is 5.97 Å². The molecule has 7 nitrogen and oxygen atoms in total. The number of benzene rings is 2. The number of ether oxygens (including phenoxy) is 1. The SMILES string of the molecule is Cc1ccc(NC(=O)[C@H](C)OC(=O)CCc2nc3ccccc3c(=O)n2C)cc1. The minimum Gasteiger partial charge on any atom is -0.453 e. The summed E-state index contributed by atoms with van der Waals surface area (Å²) in [5.41, 5.74) is 2.15. The smallest absolute Gasteiger partial charge is 0.307 e. The van der Waals surface area contributed by atoms with Gasteiger partial charge in [0.05, 0.1) is 17.3 Å². The number of nitrogens with zero attached hydrogens (tertiary/aromatic N) is 2. The summed E-state index contributed by atoms with van der Waals surface area (Å²) in [4.78, 5) is 41.2. The number of nitrogens with one attached hydrogen (secondary N) is 1. The predicted octanol–water partition coefficient (Wildman–Crippen LogP) is 2.74. The Morgan fingerprint density at radius 1 is 1.14 bits per heavy atom. The third-order valence-electron chi connectivity index (χ3n) is 4.63. The number of esters is 1. The van der Waals surface area contributed by atoms with E-state index in [9.17, 15) is 14.4 Å². The summed E-state index contributed by atoms with van der Waals surface area (Å²) in [5, 5.41) is 3.24. The number of hydrogen-bond donors (Lipinski definition) is 1. The van der Waals surface area contributed by atoms with Crippen molar-refractivity contribution in [3.8, 4) is 0 Å². The molecule has 0 aliphatic carbocycles. The van der Waals surface area contributed by atoms with Gasteiger partial charge in [0.1, 0.15) is 5.82 Å². The maximum atomic E-state index is 12.4. The molecule has 0 aliphatic rings. The number of hydrogen-bond acceptors (Lipinski definition) is 5. The minimum atomic E-state index is -0.933. The van der Waals surface area contributed by atoms with Gasteiger partial charge in [-0.25, -0.2) is 4.98 Å². The lowest BCUT2D eigenvalue weighted by molar-refractivity contribution is -0.153. The maximum absolute atomic E-state index is 12.4. The number of anilines is 1. The second kappa shape index (κ2) is 8.68. The molecule has 0 unspecified atom stereocenters. The van der Waals surface area contributed by atoms with Gasteiger partial charge in [-0.2, -0.15) is 0 Å². The van der Waals surface area contributed by atoms with Gasteiger partial charge in [-0.05, 0) is 38.1 Å². The molecule has 150 valence electrons. The van der Waals surface area contributed by atoms with Crippen LogP contribution in [0.2, 0.25) is 0 Å². The van der Waals surface area contributed by atoms with Gasteiger partial charge in [0.25, 0.3) is 11.5 Å². The monoisotopic (exact) mass is 393 g/mol. The third kappa shape index (κ3) is 4.87. The van der Waals surface area contributed by atoms with E-state index in [2.05, 4.69) is 10.3 Å². The Morgan fingerprint density at radius 3 is 2.55 bits per heavy atom. The number of rotatable bonds is 6. The van der Waals surface area contributed by atoms with Crippen LogP contribution in [0.5, 0.6) is 0 Å². The Bertz CT molecular complexity index is 1100. The van der Waals surface area contributed by atoms with Gasteiger partial charge in [-0.1, -0.05) is 29.8 Å². The molecule has 0 saturated carbocycles. The van der Waals surface area contributed by atoms with Gasteiger partial charge in [0, 0.05) is 19.2 Å². The van der Waals surface area contributed by atoms with Gasteiger partial charge in [0.15, 0.2) is 6.10 Å². The number of fused-ring (bicyclic) bond motifs is 1. The molecule has 29 heavy (non-hydrogen) atoms. The van der Waals surface area contributed by atoms with Gasteiger partial charge in [0.2, 0.25) is 0 Å². The number of para-hydroxylation sites is 1. The van der Waals surface area contributed by atoms with Crippen LogP contribution < -0.4 is 10.9 Å². The molecule has 3 rings (SSSR count). The lowest BCUT2D eigenvalue weighted by Crippen LogP contribution is -2.30. The molecule has 1 amide bonds. The summed E-state index contributed by atoms with van der Waals surface area (Å²) in [6.07, 6.45) is -0.681. The molecule has 0 bridgehead atoms. The lowest BCUT2D eigenvalue weighted by Gasteiger charge is -2.14. The summed E-state index contributed by atoms with van der Waals surface area (Å²) in [5.74, 6) is -0.445. The Hall–Kier alpha value is -3.48. The van der Waals surface area contributed by atoms with Crippen LogP contribution in [0.25, 0.3) is 10.9 Å². The summed E-state index contributed by atoms with van der Waals surface area (Å²) < 4.78 is 6.65. The van der Waals surface area contributed by atoms with Gasteiger partial charge in [-0.3, -0.25) is 19.0 Å². The molecule has 0 saturated heterocycles. The van der Waals surface area contributed by atoms with Crippen molar-refractivity contribution in [2.75, 3.05) is 5.32 Å². The fourth-order valence-corrected chi connectivity index (χ4v) is 2.89. The number of carbonyl (C=O) groups excluding carboxylic acids is 2.